The number of rotatable bonds is 2. The van der Waals surface area contributed by atoms with Crippen molar-refractivity contribution in [3.8, 4) is 0 Å². The number of carbonyl (C=O) groups excluding carboxylic acids is 1. The van der Waals surface area contributed by atoms with Crippen LogP contribution in [0.4, 0.5) is 0 Å². The van der Waals surface area contributed by atoms with Crippen molar-refractivity contribution >= 4 is 28.7 Å². The number of allylic oxidation sites excluding steroid dienone is 2. The van der Waals surface area contributed by atoms with E-state index in [1.165, 1.54) is 11.3 Å². The van der Waals surface area contributed by atoms with Crippen LogP contribution in [0.2, 0.25) is 5.02 Å². The van der Waals surface area contributed by atoms with Crippen molar-refractivity contribution in [1.29, 1.82) is 0 Å². The summed E-state index contributed by atoms with van der Waals surface area (Å²) < 4.78 is 0. The van der Waals surface area contributed by atoms with Gasteiger partial charge in [0, 0.05) is 0 Å². The van der Waals surface area contributed by atoms with Gasteiger partial charge in [-0.25, -0.2) is 0 Å². The van der Waals surface area contributed by atoms with Gasteiger partial charge in [0.15, 0.2) is 5.78 Å². The number of thiophene rings is 1. The first-order valence-corrected chi connectivity index (χ1v) is 5.21. The lowest BCUT2D eigenvalue weighted by Crippen LogP contribution is -1.91. The summed E-state index contributed by atoms with van der Waals surface area (Å²) in [6, 6.07) is 0. The highest BCUT2D eigenvalue weighted by Crippen LogP contribution is 2.27. The van der Waals surface area contributed by atoms with Crippen molar-refractivity contribution < 1.29 is 4.79 Å². The van der Waals surface area contributed by atoms with Crippen LogP contribution in [0, 0.1) is 6.92 Å². The second kappa shape index (κ2) is 4.07. The summed E-state index contributed by atoms with van der Waals surface area (Å²) in [5.41, 5.74) is 1.96. The molecule has 0 fully saturated rings. The summed E-state index contributed by atoms with van der Waals surface area (Å²) in [7, 11) is 0. The Kier molecular flexibility index (Phi) is 3.28. The van der Waals surface area contributed by atoms with Gasteiger partial charge in [-0.15, -0.1) is 11.3 Å². The molecule has 0 aromatic carbocycles. The van der Waals surface area contributed by atoms with Gasteiger partial charge in [0.2, 0.25) is 0 Å². The van der Waals surface area contributed by atoms with Gasteiger partial charge >= 0.3 is 0 Å². The molecule has 0 N–H and O–H groups in total. The molecule has 0 aliphatic heterocycles. The number of hydrogen-bond donors (Lipinski definition) is 0. The van der Waals surface area contributed by atoms with Crippen LogP contribution in [0.1, 0.15) is 29.1 Å². The lowest BCUT2D eigenvalue weighted by molar-refractivity contribution is 0.105. The third kappa shape index (κ3) is 2.42. The zero-order valence-corrected chi connectivity index (χ0v) is 9.42. The van der Waals surface area contributed by atoms with Crippen molar-refractivity contribution in [3.05, 3.63) is 32.5 Å². The summed E-state index contributed by atoms with van der Waals surface area (Å²) >= 11 is 7.35. The van der Waals surface area contributed by atoms with Crippen molar-refractivity contribution in [2.45, 2.75) is 20.8 Å². The zero-order chi connectivity index (χ0) is 10.0. The maximum atomic E-state index is 11.5. The van der Waals surface area contributed by atoms with Crippen LogP contribution in [-0.4, -0.2) is 5.78 Å². The third-order valence-corrected chi connectivity index (χ3v) is 3.25. The maximum absolute atomic E-state index is 11.5. The van der Waals surface area contributed by atoms with E-state index in [2.05, 4.69) is 0 Å². The van der Waals surface area contributed by atoms with Crippen molar-refractivity contribution in [3.63, 3.8) is 0 Å². The van der Waals surface area contributed by atoms with E-state index < -0.39 is 0 Å². The molecule has 1 nitrogen and oxygen atoms in total. The van der Waals surface area contributed by atoms with Gasteiger partial charge in [0.25, 0.3) is 0 Å². The summed E-state index contributed by atoms with van der Waals surface area (Å²) in [5, 5.41) is 2.49. The van der Waals surface area contributed by atoms with Gasteiger partial charge < -0.3 is 0 Å². The van der Waals surface area contributed by atoms with Crippen LogP contribution in [0.15, 0.2) is 17.0 Å². The Morgan fingerprint density at radius 3 is 2.54 bits per heavy atom. The number of carbonyl (C=O) groups is 1. The first-order valence-electron chi connectivity index (χ1n) is 3.95. The molecule has 0 spiro atoms. The summed E-state index contributed by atoms with van der Waals surface area (Å²) in [4.78, 5) is 12.2. The lowest BCUT2D eigenvalue weighted by atomic mass is 10.2. The zero-order valence-electron chi connectivity index (χ0n) is 7.85. The SMILES string of the molecule is CC(C)=CC(=O)c1scc(C)c1Cl. The van der Waals surface area contributed by atoms with Gasteiger partial charge in [0.05, 0.1) is 9.90 Å². The van der Waals surface area contributed by atoms with Crippen LogP contribution in [0.3, 0.4) is 0 Å². The molecule has 1 aromatic rings. The fourth-order valence-corrected chi connectivity index (χ4v) is 2.12. The minimum atomic E-state index is 0.00287. The molecule has 1 heterocycles. The summed E-state index contributed by atoms with van der Waals surface area (Å²) in [5.74, 6) is 0.00287. The smallest absolute Gasteiger partial charge is 0.197 e. The highest BCUT2D eigenvalue weighted by Gasteiger charge is 2.11. The molecule has 0 saturated carbocycles. The van der Waals surface area contributed by atoms with E-state index in [-0.39, 0.29) is 5.78 Å². The van der Waals surface area contributed by atoms with E-state index in [1.807, 2.05) is 26.2 Å². The largest absolute Gasteiger partial charge is 0.288 e. The second-order valence-electron chi connectivity index (χ2n) is 3.15. The number of aryl methyl sites for hydroxylation is 1. The predicted octanol–water partition coefficient (Wildman–Crippen LogP) is 3.86. The fraction of sp³-hybridized carbons (Fsp3) is 0.300. The Labute approximate surface area is 87.0 Å². The van der Waals surface area contributed by atoms with Gasteiger partial charge in [-0.2, -0.15) is 0 Å². The Balaban J connectivity index is 3.03. The van der Waals surface area contributed by atoms with Crippen LogP contribution in [0.5, 0.6) is 0 Å². The van der Waals surface area contributed by atoms with E-state index in [0.717, 1.165) is 11.1 Å². The molecule has 1 aromatic heterocycles. The van der Waals surface area contributed by atoms with E-state index in [4.69, 9.17) is 11.6 Å². The summed E-state index contributed by atoms with van der Waals surface area (Å²) in [6.45, 7) is 5.69. The van der Waals surface area contributed by atoms with Crippen LogP contribution in [-0.2, 0) is 0 Å². The van der Waals surface area contributed by atoms with Crippen LogP contribution >= 0.6 is 22.9 Å². The van der Waals surface area contributed by atoms with Gasteiger partial charge in [-0.3, -0.25) is 4.79 Å². The molecule has 0 aliphatic rings. The van der Waals surface area contributed by atoms with Crippen molar-refractivity contribution in [2.75, 3.05) is 0 Å². The average molecular weight is 215 g/mol. The Morgan fingerprint density at radius 1 is 1.54 bits per heavy atom. The molecule has 0 radical (unpaired) electrons. The average Bonchev–Trinajstić information content (AvgIpc) is 2.31. The maximum Gasteiger partial charge on any atom is 0.197 e. The summed E-state index contributed by atoms with van der Waals surface area (Å²) in [6.07, 6.45) is 1.61. The highest BCUT2D eigenvalue weighted by atomic mass is 35.5. The second-order valence-corrected chi connectivity index (χ2v) is 4.41. The standard InChI is InChI=1S/C10H11ClOS/c1-6(2)4-8(12)10-9(11)7(3)5-13-10/h4-5H,1-3H3. The minimum absolute atomic E-state index is 0.00287. The molecule has 70 valence electrons. The molecule has 0 saturated heterocycles. The molecule has 0 atom stereocenters. The topological polar surface area (TPSA) is 17.1 Å². The fourth-order valence-electron chi connectivity index (χ4n) is 0.924. The monoisotopic (exact) mass is 214 g/mol. The van der Waals surface area contributed by atoms with E-state index in [0.29, 0.717) is 9.90 Å². The molecule has 1 rings (SSSR count). The van der Waals surface area contributed by atoms with Gasteiger partial charge in [0.1, 0.15) is 0 Å². The molecule has 0 bridgehead atoms. The predicted molar refractivity (Wildman–Crippen MR) is 57.8 cm³/mol. The van der Waals surface area contributed by atoms with E-state index >= 15 is 0 Å². The number of hydrogen-bond acceptors (Lipinski definition) is 2. The minimum Gasteiger partial charge on any atom is -0.288 e. The molecular weight excluding hydrogens is 204 g/mol. The van der Waals surface area contributed by atoms with E-state index in [1.54, 1.807) is 6.08 Å². The Hall–Kier alpha value is -0.600. The quantitative estimate of drug-likeness (QED) is 0.540. The molecule has 0 aliphatic carbocycles. The van der Waals surface area contributed by atoms with Crippen LogP contribution < -0.4 is 0 Å². The van der Waals surface area contributed by atoms with Crippen molar-refractivity contribution in [2.24, 2.45) is 0 Å². The lowest BCUT2D eigenvalue weighted by Gasteiger charge is -1.93. The van der Waals surface area contributed by atoms with Crippen molar-refractivity contribution in [1.82, 2.24) is 0 Å². The Bertz CT molecular complexity index is 359. The number of ketones is 1. The molecular formula is C10H11ClOS. The van der Waals surface area contributed by atoms with Gasteiger partial charge in [-0.05, 0) is 37.8 Å². The third-order valence-electron chi connectivity index (χ3n) is 1.54. The first kappa shape index (κ1) is 10.5. The normalized spacial score (nSPS) is 9.85. The van der Waals surface area contributed by atoms with E-state index in [9.17, 15) is 4.79 Å². The molecule has 0 amide bonds. The molecule has 13 heavy (non-hydrogen) atoms. The first-order chi connectivity index (χ1) is 6.02. The molecule has 3 heteroatoms. The highest BCUT2D eigenvalue weighted by molar-refractivity contribution is 7.13. The molecule has 0 unspecified atom stereocenters. The van der Waals surface area contributed by atoms with Gasteiger partial charge in [-0.1, -0.05) is 17.2 Å². The number of halogens is 1. The van der Waals surface area contributed by atoms with Crippen LogP contribution in [0.25, 0.3) is 0 Å². The Morgan fingerprint density at radius 2 is 2.15 bits per heavy atom.